The maximum absolute atomic E-state index is 10.7. The van der Waals surface area contributed by atoms with Gasteiger partial charge in [-0.05, 0) is 24.3 Å². The van der Waals surface area contributed by atoms with E-state index in [0.717, 1.165) is 5.69 Å². The normalized spacial score (nSPS) is 11.4. The highest BCUT2D eigenvalue weighted by Crippen LogP contribution is 2.14. The number of hydrogen-bond donors (Lipinski definition) is 2. The Morgan fingerprint density at radius 1 is 1.21 bits per heavy atom. The number of aliphatic carboxylic acids is 1. The van der Waals surface area contributed by atoms with Gasteiger partial charge in [0.15, 0.2) is 0 Å². The molecule has 1 atom stereocenters. The van der Waals surface area contributed by atoms with Gasteiger partial charge in [0.05, 0.1) is 11.4 Å². The van der Waals surface area contributed by atoms with Crippen molar-refractivity contribution in [3.63, 3.8) is 0 Å². The summed E-state index contributed by atoms with van der Waals surface area (Å²) in [6, 6.07) is 10.0. The van der Waals surface area contributed by atoms with Gasteiger partial charge in [0.2, 0.25) is 0 Å². The lowest BCUT2D eigenvalue weighted by Gasteiger charge is -2.07. The van der Waals surface area contributed by atoms with Crippen molar-refractivity contribution in [2.24, 2.45) is 5.73 Å². The molecule has 0 saturated carbocycles. The Morgan fingerprint density at radius 3 is 2.58 bits per heavy atom. The van der Waals surface area contributed by atoms with Crippen LogP contribution in [0.5, 0.6) is 0 Å². The summed E-state index contributed by atoms with van der Waals surface area (Å²) < 4.78 is 0. The van der Waals surface area contributed by atoms with E-state index in [4.69, 9.17) is 10.8 Å². The van der Waals surface area contributed by atoms with Gasteiger partial charge in [-0.1, -0.05) is 12.1 Å². The molecule has 0 fully saturated rings. The van der Waals surface area contributed by atoms with Crippen LogP contribution in [0.4, 0.5) is 0 Å². The fraction of sp³-hybridized carbons (Fsp3) is 0.154. The van der Waals surface area contributed by atoms with Crippen molar-refractivity contribution in [1.82, 2.24) is 9.97 Å². The van der Waals surface area contributed by atoms with Crippen LogP contribution >= 0.6 is 12.4 Å². The Morgan fingerprint density at radius 2 is 1.95 bits per heavy atom. The van der Waals surface area contributed by atoms with Crippen molar-refractivity contribution in [2.45, 2.75) is 12.5 Å². The first-order chi connectivity index (χ1) is 8.66. The van der Waals surface area contributed by atoms with E-state index >= 15 is 0 Å². The zero-order valence-corrected chi connectivity index (χ0v) is 10.9. The maximum atomic E-state index is 10.7. The minimum absolute atomic E-state index is 0. The number of carboxylic acids is 1. The van der Waals surface area contributed by atoms with Crippen molar-refractivity contribution in [1.29, 1.82) is 0 Å². The number of rotatable bonds is 4. The van der Waals surface area contributed by atoms with Crippen LogP contribution in [0.15, 0.2) is 42.6 Å². The highest BCUT2D eigenvalue weighted by Gasteiger charge is 2.13. The average molecular weight is 280 g/mol. The zero-order valence-electron chi connectivity index (χ0n) is 10.1. The molecule has 3 N–H and O–H groups in total. The van der Waals surface area contributed by atoms with Gasteiger partial charge in [0, 0.05) is 18.3 Å². The minimum Gasteiger partial charge on any atom is -0.480 e. The summed E-state index contributed by atoms with van der Waals surface area (Å²) in [7, 11) is 0. The fourth-order valence-electron chi connectivity index (χ4n) is 1.56. The van der Waals surface area contributed by atoms with Crippen molar-refractivity contribution in [3.8, 4) is 11.4 Å². The monoisotopic (exact) mass is 279 g/mol. The van der Waals surface area contributed by atoms with E-state index in [-0.39, 0.29) is 18.8 Å². The second-order valence-corrected chi connectivity index (χ2v) is 3.88. The second-order valence-electron chi connectivity index (χ2n) is 3.88. The molecule has 0 bridgehead atoms. The van der Waals surface area contributed by atoms with E-state index in [1.54, 1.807) is 12.3 Å². The Kier molecular flexibility index (Phi) is 5.41. The molecule has 2 rings (SSSR count). The van der Waals surface area contributed by atoms with E-state index in [1.807, 2.05) is 30.3 Å². The minimum atomic E-state index is -1.03. The van der Waals surface area contributed by atoms with Crippen LogP contribution in [0.25, 0.3) is 11.4 Å². The maximum Gasteiger partial charge on any atom is 0.320 e. The third-order valence-electron chi connectivity index (χ3n) is 2.48. The first-order valence-corrected chi connectivity index (χ1v) is 5.52. The van der Waals surface area contributed by atoms with Gasteiger partial charge in [-0.2, -0.15) is 0 Å². The number of nitrogens with zero attached hydrogens (tertiary/aromatic N) is 2. The molecule has 0 spiro atoms. The van der Waals surface area contributed by atoms with Gasteiger partial charge in [0.1, 0.15) is 6.04 Å². The Hall–Kier alpha value is -1.98. The lowest BCUT2D eigenvalue weighted by Crippen LogP contribution is -2.32. The van der Waals surface area contributed by atoms with Gasteiger partial charge >= 0.3 is 5.97 Å². The van der Waals surface area contributed by atoms with Crippen LogP contribution in [-0.4, -0.2) is 27.1 Å². The van der Waals surface area contributed by atoms with Gasteiger partial charge in [-0.3, -0.25) is 14.8 Å². The SMILES string of the molecule is Cl.NC(Cc1cccc(-c2ccccn2)n1)C(=O)O. The molecule has 100 valence electrons. The molecule has 2 aromatic heterocycles. The number of nitrogens with two attached hydrogens (primary N) is 1. The van der Waals surface area contributed by atoms with Gasteiger partial charge < -0.3 is 10.8 Å². The molecule has 0 amide bonds. The molecule has 2 heterocycles. The Balaban J connectivity index is 0.00000180. The van der Waals surface area contributed by atoms with Gasteiger partial charge in [-0.25, -0.2) is 0 Å². The van der Waals surface area contributed by atoms with Crippen LogP contribution in [0.1, 0.15) is 5.69 Å². The molecule has 19 heavy (non-hydrogen) atoms. The quantitative estimate of drug-likeness (QED) is 0.886. The second kappa shape index (κ2) is 6.82. The first kappa shape index (κ1) is 15.1. The third kappa shape index (κ3) is 4.01. The van der Waals surface area contributed by atoms with Crippen molar-refractivity contribution >= 4 is 18.4 Å². The number of halogens is 1. The van der Waals surface area contributed by atoms with Crippen molar-refractivity contribution in [3.05, 3.63) is 48.3 Å². The topological polar surface area (TPSA) is 89.1 Å². The highest BCUT2D eigenvalue weighted by atomic mass is 35.5. The summed E-state index contributed by atoms with van der Waals surface area (Å²) in [5, 5.41) is 8.76. The molecule has 0 aliphatic heterocycles. The van der Waals surface area contributed by atoms with E-state index < -0.39 is 12.0 Å². The molecule has 5 nitrogen and oxygen atoms in total. The highest BCUT2D eigenvalue weighted by molar-refractivity contribution is 5.85. The summed E-state index contributed by atoms with van der Waals surface area (Å²) in [5.41, 5.74) is 7.60. The fourth-order valence-corrected chi connectivity index (χ4v) is 1.56. The van der Waals surface area contributed by atoms with E-state index in [9.17, 15) is 4.79 Å². The zero-order chi connectivity index (χ0) is 13.0. The van der Waals surface area contributed by atoms with Crippen LogP contribution in [0.2, 0.25) is 0 Å². The number of carbonyl (C=O) groups is 1. The largest absolute Gasteiger partial charge is 0.480 e. The first-order valence-electron chi connectivity index (χ1n) is 5.52. The van der Waals surface area contributed by atoms with E-state index in [1.165, 1.54) is 0 Å². The Labute approximate surface area is 116 Å². The van der Waals surface area contributed by atoms with Crippen LogP contribution in [0, 0.1) is 0 Å². The van der Waals surface area contributed by atoms with E-state index in [0.29, 0.717) is 11.4 Å². The lowest BCUT2D eigenvalue weighted by molar-refractivity contribution is -0.138. The molecule has 0 aliphatic rings. The van der Waals surface area contributed by atoms with Crippen molar-refractivity contribution in [2.75, 3.05) is 0 Å². The van der Waals surface area contributed by atoms with Gasteiger partial charge in [-0.15, -0.1) is 12.4 Å². The predicted octanol–water partition coefficient (Wildman–Crippen LogP) is 1.52. The number of pyridine rings is 2. The molecule has 1 unspecified atom stereocenters. The molecule has 0 aliphatic carbocycles. The Bertz CT molecular complexity index is 549. The molecule has 0 saturated heterocycles. The summed E-state index contributed by atoms with van der Waals surface area (Å²) in [4.78, 5) is 19.2. The summed E-state index contributed by atoms with van der Waals surface area (Å²) >= 11 is 0. The number of aromatic nitrogens is 2. The smallest absolute Gasteiger partial charge is 0.320 e. The number of hydrogen-bond acceptors (Lipinski definition) is 4. The summed E-state index contributed by atoms with van der Waals surface area (Å²) in [6.45, 7) is 0. The third-order valence-corrected chi connectivity index (χ3v) is 2.48. The van der Waals surface area contributed by atoms with Crippen molar-refractivity contribution < 1.29 is 9.90 Å². The molecule has 2 aromatic rings. The van der Waals surface area contributed by atoms with E-state index in [2.05, 4.69) is 9.97 Å². The molecule has 0 aromatic carbocycles. The predicted molar refractivity (Wildman–Crippen MR) is 74.0 cm³/mol. The molecular formula is C13H14ClN3O2. The van der Waals surface area contributed by atoms with Crippen LogP contribution in [-0.2, 0) is 11.2 Å². The summed E-state index contributed by atoms with van der Waals surface area (Å²) in [6.07, 6.45) is 1.89. The summed E-state index contributed by atoms with van der Waals surface area (Å²) in [5.74, 6) is -1.03. The molecular weight excluding hydrogens is 266 g/mol. The standard InChI is InChI=1S/C13H13N3O2.ClH/c14-10(13(17)18)8-9-4-3-6-12(16-9)11-5-1-2-7-15-11;/h1-7,10H,8,14H2,(H,17,18);1H. The van der Waals surface area contributed by atoms with Crippen LogP contribution in [0.3, 0.4) is 0 Å². The van der Waals surface area contributed by atoms with Crippen LogP contribution < -0.4 is 5.73 Å². The average Bonchev–Trinajstić information content (AvgIpc) is 2.40. The molecule has 0 radical (unpaired) electrons. The van der Waals surface area contributed by atoms with Gasteiger partial charge in [0.25, 0.3) is 0 Å². The molecule has 6 heteroatoms. The number of carboxylic acid groups (broad SMARTS) is 1. The lowest BCUT2D eigenvalue weighted by atomic mass is 10.1.